The first-order valence-electron chi connectivity index (χ1n) is 6.80. The second kappa shape index (κ2) is 5.79. The van der Waals surface area contributed by atoms with Crippen molar-refractivity contribution in [3.8, 4) is 0 Å². The van der Waals surface area contributed by atoms with E-state index in [1.54, 1.807) is 24.3 Å². The first-order valence-corrected chi connectivity index (χ1v) is 6.80. The number of halogens is 3. The van der Waals surface area contributed by atoms with Crippen molar-refractivity contribution in [1.29, 1.82) is 0 Å². The smallest absolute Gasteiger partial charge is 0.389 e. The van der Waals surface area contributed by atoms with Crippen molar-refractivity contribution >= 4 is 17.3 Å². The molecule has 1 aromatic rings. The number of para-hydroxylation sites is 2. The van der Waals surface area contributed by atoms with Gasteiger partial charge in [-0.25, -0.2) is 10.9 Å². The van der Waals surface area contributed by atoms with E-state index in [-0.39, 0.29) is 11.4 Å². The number of hydrazine groups is 1. The molecule has 0 saturated heterocycles. The van der Waals surface area contributed by atoms with Gasteiger partial charge in [-0.1, -0.05) is 39.8 Å². The van der Waals surface area contributed by atoms with Gasteiger partial charge in [0.15, 0.2) is 0 Å². The molecule has 1 aromatic carbocycles. The third kappa shape index (κ3) is 3.71. The molecule has 0 aliphatic carbocycles. The summed E-state index contributed by atoms with van der Waals surface area (Å²) < 4.78 is 38.3. The maximum atomic E-state index is 12.8. The Kier molecular flexibility index (Phi) is 4.82. The number of anilines is 2. The Balaban J connectivity index is 3.11. The standard InChI is InChI=1S/C15H22F3N3O/c1-13(2,9-15(16,17)18)14(3,4)12(22)21(20)11-8-6-5-7-10(11)19/h5-8H,9,19-20H2,1-4H3. The molecule has 0 heterocycles. The molecule has 0 fully saturated rings. The second-order valence-electron chi connectivity index (χ2n) is 6.53. The minimum absolute atomic E-state index is 0.267. The number of nitrogens with two attached hydrogens (primary N) is 2. The van der Waals surface area contributed by atoms with Gasteiger partial charge in [0, 0.05) is 6.42 Å². The van der Waals surface area contributed by atoms with E-state index in [4.69, 9.17) is 11.6 Å². The Morgan fingerprint density at radius 1 is 1.14 bits per heavy atom. The number of alkyl halides is 3. The van der Waals surface area contributed by atoms with Crippen LogP contribution < -0.4 is 16.6 Å². The third-order valence-corrected chi connectivity index (χ3v) is 4.28. The summed E-state index contributed by atoms with van der Waals surface area (Å²) in [5.41, 5.74) is 3.64. The SMILES string of the molecule is CC(C)(CC(F)(F)F)C(C)(C)C(=O)N(N)c1ccccc1N. The summed E-state index contributed by atoms with van der Waals surface area (Å²) in [6, 6.07) is 6.43. The Morgan fingerprint density at radius 2 is 1.64 bits per heavy atom. The van der Waals surface area contributed by atoms with Crippen molar-refractivity contribution < 1.29 is 18.0 Å². The molecule has 0 unspecified atom stereocenters. The van der Waals surface area contributed by atoms with E-state index in [2.05, 4.69) is 0 Å². The van der Waals surface area contributed by atoms with Gasteiger partial charge in [-0.2, -0.15) is 13.2 Å². The molecule has 1 amide bonds. The number of carbonyl (C=O) groups excluding carboxylic acids is 1. The van der Waals surface area contributed by atoms with Crippen LogP contribution in [-0.4, -0.2) is 12.1 Å². The third-order valence-electron chi connectivity index (χ3n) is 4.28. The van der Waals surface area contributed by atoms with E-state index in [1.807, 2.05) is 0 Å². The maximum absolute atomic E-state index is 12.8. The molecule has 7 heteroatoms. The lowest BCUT2D eigenvalue weighted by molar-refractivity contribution is -0.172. The fourth-order valence-electron chi connectivity index (χ4n) is 2.13. The van der Waals surface area contributed by atoms with Crippen LogP contribution in [0.25, 0.3) is 0 Å². The number of carbonyl (C=O) groups is 1. The molecule has 0 atom stereocenters. The van der Waals surface area contributed by atoms with E-state index < -0.39 is 29.3 Å². The van der Waals surface area contributed by atoms with Gasteiger partial charge in [-0.05, 0) is 17.5 Å². The molecule has 4 N–H and O–H groups in total. The molecule has 22 heavy (non-hydrogen) atoms. The summed E-state index contributed by atoms with van der Waals surface area (Å²) in [6.45, 7) is 5.72. The van der Waals surface area contributed by atoms with Crippen molar-refractivity contribution in [3.63, 3.8) is 0 Å². The molecule has 0 saturated carbocycles. The highest BCUT2D eigenvalue weighted by molar-refractivity contribution is 5.98. The largest absolute Gasteiger partial charge is 0.397 e. The van der Waals surface area contributed by atoms with Crippen molar-refractivity contribution in [1.82, 2.24) is 0 Å². The molecule has 0 spiro atoms. The average molecular weight is 317 g/mol. The fourth-order valence-corrected chi connectivity index (χ4v) is 2.13. The van der Waals surface area contributed by atoms with Gasteiger partial charge in [0.05, 0.1) is 16.8 Å². The average Bonchev–Trinajstić information content (AvgIpc) is 2.34. The van der Waals surface area contributed by atoms with E-state index in [9.17, 15) is 18.0 Å². The molecule has 124 valence electrons. The minimum atomic E-state index is -4.37. The van der Waals surface area contributed by atoms with Gasteiger partial charge in [-0.3, -0.25) is 4.79 Å². The van der Waals surface area contributed by atoms with Crippen molar-refractivity contribution in [2.75, 3.05) is 10.7 Å². The Morgan fingerprint density at radius 3 is 2.09 bits per heavy atom. The van der Waals surface area contributed by atoms with E-state index in [0.717, 1.165) is 5.01 Å². The normalized spacial score (nSPS) is 13.1. The number of rotatable bonds is 4. The topological polar surface area (TPSA) is 72.3 Å². The summed E-state index contributed by atoms with van der Waals surface area (Å²) in [5, 5.41) is 0.827. The highest BCUT2D eigenvalue weighted by atomic mass is 19.4. The fraction of sp³-hybridized carbons (Fsp3) is 0.533. The monoisotopic (exact) mass is 317 g/mol. The molecule has 0 aromatic heterocycles. The summed E-state index contributed by atoms with van der Waals surface area (Å²) in [6.07, 6.45) is -5.46. The van der Waals surface area contributed by atoms with Crippen LogP contribution in [0.1, 0.15) is 34.1 Å². The minimum Gasteiger partial charge on any atom is -0.397 e. The molecular formula is C15H22F3N3O. The quantitative estimate of drug-likeness (QED) is 0.386. The highest BCUT2D eigenvalue weighted by Gasteiger charge is 2.50. The van der Waals surface area contributed by atoms with E-state index in [0.29, 0.717) is 0 Å². The van der Waals surface area contributed by atoms with Crippen molar-refractivity contribution in [3.05, 3.63) is 24.3 Å². The molecule has 0 radical (unpaired) electrons. The van der Waals surface area contributed by atoms with Crippen LogP contribution in [0, 0.1) is 10.8 Å². The lowest BCUT2D eigenvalue weighted by Gasteiger charge is -2.42. The van der Waals surface area contributed by atoms with Gasteiger partial charge >= 0.3 is 6.18 Å². The van der Waals surface area contributed by atoms with E-state index >= 15 is 0 Å². The second-order valence-corrected chi connectivity index (χ2v) is 6.53. The van der Waals surface area contributed by atoms with E-state index in [1.165, 1.54) is 27.7 Å². The predicted molar refractivity (Wildman–Crippen MR) is 80.8 cm³/mol. The zero-order chi connectivity index (χ0) is 17.3. The number of hydrogen-bond donors (Lipinski definition) is 2. The molecule has 4 nitrogen and oxygen atoms in total. The number of hydrogen-bond acceptors (Lipinski definition) is 3. The first-order chi connectivity index (χ1) is 9.79. The molecule has 1 rings (SSSR count). The lowest BCUT2D eigenvalue weighted by atomic mass is 9.65. The van der Waals surface area contributed by atoms with Gasteiger partial charge in [0.25, 0.3) is 0 Å². The Bertz CT molecular complexity index is 553. The van der Waals surface area contributed by atoms with Crippen LogP contribution in [0.4, 0.5) is 24.5 Å². The van der Waals surface area contributed by atoms with Gasteiger partial charge in [-0.15, -0.1) is 0 Å². The summed E-state index contributed by atoms with van der Waals surface area (Å²) in [4.78, 5) is 12.6. The summed E-state index contributed by atoms with van der Waals surface area (Å²) in [7, 11) is 0. The molecule has 0 aliphatic rings. The number of nitrogen functional groups attached to an aromatic ring is 1. The van der Waals surface area contributed by atoms with Crippen LogP contribution in [0.15, 0.2) is 24.3 Å². The highest BCUT2D eigenvalue weighted by Crippen LogP contribution is 2.47. The molecular weight excluding hydrogens is 295 g/mol. The predicted octanol–water partition coefficient (Wildman–Crippen LogP) is 3.48. The maximum Gasteiger partial charge on any atom is 0.389 e. The summed E-state index contributed by atoms with van der Waals surface area (Å²) >= 11 is 0. The van der Waals surface area contributed by atoms with Gasteiger partial charge in [0.2, 0.25) is 5.91 Å². The number of amides is 1. The molecule has 0 aliphatic heterocycles. The van der Waals surface area contributed by atoms with Crippen LogP contribution in [0.3, 0.4) is 0 Å². The molecule has 0 bridgehead atoms. The summed E-state index contributed by atoms with van der Waals surface area (Å²) in [5.74, 6) is 5.18. The zero-order valence-corrected chi connectivity index (χ0v) is 13.2. The van der Waals surface area contributed by atoms with Crippen molar-refractivity contribution in [2.24, 2.45) is 16.7 Å². The van der Waals surface area contributed by atoms with Crippen molar-refractivity contribution in [2.45, 2.75) is 40.3 Å². The van der Waals surface area contributed by atoms with Crippen LogP contribution >= 0.6 is 0 Å². The first kappa shape index (κ1) is 18.3. The van der Waals surface area contributed by atoms with Gasteiger partial charge < -0.3 is 5.73 Å². The number of nitrogens with zero attached hydrogens (tertiary/aromatic N) is 1. The van der Waals surface area contributed by atoms with Crippen LogP contribution in [0.2, 0.25) is 0 Å². The zero-order valence-electron chi connectivity index (χ0n) is 13.2. The Hall–Kier alpha value is -1.76. The van der Waals surface area contributed by atoms with Crippen LogP contribution in [0.5, 0.6) is 0 Å². The lowest BCUT2D eigenvalue weighted by Crippen LogP contribution is -2.52. The number of benzene rings is 1. The van der Waals surface area contributed by atoms with Gasteiger partial charge in [0.1, 0.15) is 0 Å². The van der Waals surface area contributed by atoms with Crippen LogP contribution in [-0.2, 0) is 4.79 Å². The Labute approximate surface area is 128 Å².